The fraction of sp³-hybridized carbons (Fsp3) is 0.333. The van der Waals surface area contributed by atoms with Gasteiger partial charge in [0.25, 0.3) is 0 Å². The normalized spacial score (nSPS) is 9.54. The number of carbonyl (C=O) groups excluding carboxylic acids is 1. The van der Waals surface area contributed by atoms with Gasteiger partial charge in [0.2, 0.25) is 6.41 Å². The van der Waals surface area contributed by atoms with Crippen molar-refractivity contribution in [3.63, 3.8) is 0 Å². The highest BCUT2D eigenvalue weighted by atomic mass is 16.4. The smallest absolute Gasteiger partial charge is 0.325 e. The van der Waals surface area contributed by atoms with Crippen molar-refractivity contribution in [3.8, 4) is 0 Å². The van der Waals surface area contributed by atoms with Crippen molar-refractivity contribution in [1.29, 1.82) is 0 Å². The summed E-state index contributed by atoms with van der Waals surface area (Å²) in [4.78, 5) is 20.1. The van der Waals surface area contributed by atoms with Crippen LogP contribution in [0.5, 0.6) is 0 Å². The fourth-order valence-electron chi connectivity index (χ4n) is 0.782. The van der Waals surface area contributed by atoms with Crippen LogP contribution in [-0.4, -0.2) is 32.5 Å². The first kappa shape index (κ1) is 9.17. The predicted octanol–water partition coefficient (Wildman–Crippen LogP) is -1.39. The predicted molar refractivity (Wildman–Crippen MR) is 40.6 cm³/mol. The van der Waals surface area contributed by atoms with Gasteiger partial charge in [0.05, 0.1) is 12.7 Å². The van der Waals surface area contributed by atoms with Gasteiger partial charge >= 0.3 is 5.97 Å². The Morgan fingerprint density at radius 2 is 2.54 bits per heavy atom. The number of hydrogen-bond acceptors (Lipinski definition) is 4. The molecule has 13 heavy (non-hydrogen) atoms. The highest BCUT2D eigenvalue weighted by Crippen LogP contribution is 1.91. The average molecular weight is 184 g/mol. The quantitative estimate of drug-likeness (QED) is 0.549. The molecular weight excluding hydrogens is 176 g/mol. The number of carboxylic acids is 1. The maximum absolute atomic E-state index is 10.2. The Morgan fingerprint density at radius 3 is 3.15 bits per heavy atom. The van der Waals surface area contributed by atoms with Gasteiger partial charge in [-0.1, -0.05) is 5.21 Å². The molecule has 0 radical (unpaired) electrons. The zero-order valence-corrected chi connectivity index (χ0v) is 6.67. The molecule has 2 N–H and O–H groups in total. The molecule has 70 valence electrons. The van der Waals surface area contributed by atoms with Crippen LogP contribution in [0.15, 0.2) is 6.20 Å². The summed E-state index contributed by atoms with van der Waals surface area (Å²) in [5.74, 6) is -0.986. The zero-order valence-electron chi connectivity index (χ0n) is 6.67. The first-order valence-electron chi connectivity index (χ1n) is 3.50. The number of aliphatic carboxylic acids is 1. The van der Waals surface area contributed by atoms with E-state index in [1.54, 1.807) is 0 Å². The second-order valence-corrected chi connectivity index (χ2v) is 2.30. The van der Waals surface area contributed by atoms with Crippen molar-refractivity contribution in [2.45, 2.75) is 13.1 Å². The van der Waals surface area contributed by atoms with E-state index < -0.39 is 5.97 Å². The maximum atomic E-state index is 10.2. The highest BCUT2D eigenvalue weighted by molar-refractivity contribution is 5.66. The molecule has 0 atom stereocenters. The lowest BCUT2D eigenvalue weighted by Gasteiger charge is -1.91. The topological polar surface area (TPSA) is 97.1 Å². The van der Waals surface area contributed by atoms with E-state index in [1.165, 1.54) is 10.9 Å². The summed E-state index contributed by atoms with van der Waals surface area (Å²) in [6.45, 7) is 0.0250. The minimum Gasteiger partial charge on any atom is -0.480 e. The van der Waals surface area contributed by atoms with Gasteiger partial charge in [-0.2, -0.15) is 0 Å². The lowest BCUT2D eigenvalue weighted by Crippen LogP contribution is -2.10. The lowest BCUT2D eigenvalue weighted by molar-refractivity contribution is -0.137. The molecule has 0 aliphatic carbocycles. The van der Waals surface area contributed by atoms with Crippen LogP contribution in [0.2, 0.25) is 0 Å². The van der Waals surface area contributed by atoms with Crippen molar-refractivity contribution in [3.05, 3.63) is 11.9 Å². The Morgan fingerprint density at radius 1 is 1.77 bits per heavy atom. The van der Waals surface area contributed by atoms with Crippen LogP contribution in [0.3, 0.4) is 0 Å². The minimum atomic E-state index is -0.986. The number of rotatable bonds is 5. The minimum absolute atomic E-state index is 0.228. The van der Waals surface area contributed by atoms with Crippen LogP contribution in [0.4, 0.5) is 0 Å². The van der Waals surface area contributed by atoms with Crippen LogP contribution >= 0.6 is 0 Å². The van der Waals surface area contributed by atoms with Gasteiger partial charge in [0, 0.05) is 0 Å². The van der Waals surface area contributed by atoms with Crippen molar-refractivity contribution in [1.82, 2.24) is 20.3 Å². The highest BCUT2D eigenvalue weighted by Gasteiger charge is 2.02. The van der Waals surface area contributed by atoms with Gasteiger partial charge in [-0.3, -0.25) is 9.59 Å². The number of carbonyl (C=O) groups is 2. The van der Waals surface area contributed by atoms with Crippen molar-refractivity contribution >= 4 is 12.4 Å². The molecule has 0 fully saturated rings. The number of nitrogens with one attached hydrogen (secondary N) is 1. The standard InChI is InChI=1S/C6H8N4O3/c11-4-7-1-5-2-10(9-8-5)3-6(12)13/h2,4H,1,3H2,(H,7,11)(H,12,13). The number of amides is 1. The number of aromatic nitrogens is 3. The molecule has 0 aliphatic heterocycles. The third-order valence-corrected chi connectivity index (χ3v) is 1.25. The number of carboxylic acid groups (broad SMARTS) is 1. The van der Waals surface area contributed by atoms with E-state index in [1.807, 2.05) is 0 Å². The Bertz CT molecular complexity index is 309. The van der Waals surface area contributed by atoms with Crippen LogP contribution < -0.4 is 5.32 Å². The van der Waals surface area contributed by atoms with E-state index in [4.69, 9.17) is 5.11 Å². The zero-order chi connectivity index (χ0) is 9.68. The van der Waals surface area contributed by atoms with Gasteiger partial charge in [-0.25, -0.2) is 4.68 Å². The second kappa shape index (κ2) is 4.19. The third kappa shape index (κ3) is 2.89. The molecule has 1 amide bonds. The second-order valence-electron chi connectivity index (χ2n) is 2.30. The van der Waals surface area contributed by atoms with Gasteiger partial charge in [0.15, 0.2) is 0 Å². The van der Waals surface area contributed by atoms with Crippen molar-refractivity contribution in [2.24, 2.45) is 0 Å². The molecule has 7 nitrogen and oxygen atoms in total. The molecule has 1 rings (SSSR count). The van der Waals surface area contributed by atoms with Gasteiger partial charge in [-0.15, -0.1) is 5.10 Å². The fourth-order valence-corrected chi connectivity index (χ4v) is 0.782. The van der Waals surface area contributed by atoms with Crippen molar-refractivity contribution in [2.75, 3.05) is 0 Å². The Hall–Kier alpha value is -1.92. The number of hydrogen-bond donors (Lipinski definition) is 2. The Kier molecular flexibility index (Phi) is 2.96. The first-order valence-corrected chi connectivity index (χ1v) is 3.50. The first-order chi connectivity index (χ1) is 6.22. The summed E-state index contributed by atoms with van der Waals surface area (Å²) >= 11 is 0. The van der Waals surface area contributed by atoms with Crippen LogP contribution in [0, 0.1) is 0 Å². The summed E-state index contributed by atoms with van der Waals surface area (Å²) in [5.41, 5.74) is 0.522. The molecule has 1 heterocycles. The van der Waals surface area contributed by atoms with E-state index in [0.29, 0.717) is 12.1 Å². The lowest BCUT2D eigenvalue weighted by atomic mass is 10.5. The molecule has 0 saturated heterocycles. The van der Waals surface area contributed by atoms with Crippen LogP contribution in [0.1, 0.15) is 5.69 Å². The largest absolute Gasteiger partial charge is 0.480 e. The van der Waals surface area contributed by atoms with E-state index in [2.05, 4.69) is 15.6 Å². The summed E-state index contributed by atoms with van der Waals surface area (Å²) in [6.07, 6.45) is 2.00. The summed E-state index contributed by atoms with van der Waals surface area (Å²) in [5, 5.41) is 18.0. The molecule has 0 spiro atoms. The van der Waals surface area contributed by atoms with Crippen LogP contribution in [0.25, 0.3) is 0 Å². The number of nitrogens with zero attached hydrogens (tertiary/aromatic N) is 3. The SMILES string of the molecule is O=CNCc1cn(CC(=O)O)nn1. The van der Waals surface area contributed by atoms with E-state index in [9.17, 15) is 9.59 Å². The average Bonchev–Trinajstić information content (AvgIpc) is 2.48. The molecular formula is C6H8N4O3. The van der Waals surface area contributed by atoms with Gasteiger partial charge in [0.1, 0.15) is 12.2 Å². The van der Waals surface area contributed by atoms with Crippen molar-refractivity contribution < 1.29 is 14.7 Å². The van der Waals surface area contributed by atoms with E-state index >= 15 is 0 Å². The van der Waals surface area contributed by atoms with Crippen LogP contribution in [-0.2, 0) is 22.7 Å². The Balaban J connectivity index is 2.53. The third-order valence-electron chi connectivity index (χ3n) is 1.25. The van der Waals surface area contributed by atoms with Gasteiger partial charge in [-0.05, 0) is 0 Å². The summed E-state index contributed by atoms with van der Waals surface area (Å²) < 4.78 is 1.18. The Labute approximate surface area is 73.4 Å². The molecule has 0 saturated carbocycles. The van der Waals surface area contributed by atoms with Gasteiger partial charge < -0.3 is 10.4 Å². The van der Waals surface area contributed by atoms with E-state index in [0.717, 1.165) is 0 Å². The monoisotopic (exact) mass is 184 g/mol. The molecule has 7 heteroatoms. The molecule has 1 aromatic rings. The summed E-state index contributed by atoms with van der Waals surface area (Å²) in [7, 11) is 0. The molecule has 0 bridgehead atoms. The molecule has 0 aromatic carbocycles. The molecule has 1 aromatic heterocycles. The molecule has 0 aliphatic rings. The molecule has 0 unspecified atom stereocenters. The summed E-state index contributed by atoms with van der Waals surface area (Å²) in [6, 6.07) is 0. The maximum Gasteiger partial charge on any atom is 0.325 e. The van der Waals surface area contributed by atoms with E-state index in [-0.39, 0.29) is 13.1 Å².